The lowest BCUT2D eigenvalue weighted by atomic mass is 10.3. The van der Waals surface area contributed by atoms with E-state index >= 15 is 0 Å². The fourth-order valence-corrected chi connectivity index (χ4v) is 2.34. The maximum Gasteiger partial charge on any atom is 0.246 e. The van der Waals surface area contributed by atoms with Crippen LogP contribution in [-0.2, 0) is 28.7 Å². The highest BCUT2D eigenvalue weighted by Gasteiger charge is 2.35. The summed E-state index contributed by atoms with van der Waals surface area (Å²) < 4.78 is 4.77. The van der Waals surface area contributed by atoms with Crippen LogP contribution in [0.4, 0.5) is 0 Å². The van der Waals surface area contributed by atoms with Gasteiger partial charge in [-0.2, -0.15) is 0 Å². The van der Waals surface area contributed by atoms with Crippen molar-refractivity contribution in [3.05, 3.63) is 0 Å². The van der Waals surface area contributed by atoms with Gasteiger partial charge in [0.1, 0.15) is 0 Å². The first-order chi connectivity index (χ1) is 12.8. The number of likely N-dealkylation sites (tertiary alicyclic amines) is 1. The Morgan fingerprint density at radius 3 is 2.11 bits per heavy atom. The summed E-state index contributed by atoms with van der Waals surface area (Å²) in [4.78, 5) is 58.8. The second-order valence-electron chi connectivity index (χ2n) is 5.99. The lowest BCUT2D eigenvalue weighted by Crippen LogP contribution is -2.39. The van der Waals surface area contributed by atoms with Crippen molar-refractivity contribution < 1.29 is 28.7 Å². The van der Waals surface area contributed by atoms with Crippen LogP contribution >= 0.6 is 0 Å². The summed E-state index contributed by atoms with van der Waals surface area (Å²) in [5.41, 5.74) is 5.48. The molecule has 1 saturated heterocycles. The van der Waals surface area contributed by atoms with Crippen molar-refractivity contribution in [1.82, 2.24) is 20.9 Å². The molecule has 0 aliphatic carbocycles. The minimum atomic E-state index is -0.819. The first-order valence-electron chi connectivity index (χ1n) is 8.74. The fraction of sp³-hybridized carbons (Fsp3) is 0.688. The molecular weight excluding hydrogens is 358 g/mol. The zero-order valence-electron chi connectivity index (χ0n) is 15.4. The number of rotatable bonds is 12. The quantitative estimate of drug-likeness (QED) is 0.209. The van der Waals surface area contributed by atoms with E-state index in [2.05, 4.69) is 16.0 Å². The van der Waals surface area contributed by atoms with E-state index in [1.165, 1.54) is 7.11 Å². The van der Waals surface area contributed by atoms with Crippen LogP contribution in [0.5, 0.6) is 0 Å². The SMILES string of the molecule is COCCC(=O)NCCC(=O)NCCNC(=O)CCN1C(=O)CC(N)C1=O. The molecule has 1 heterocycles. The molecule has 1 aliphatic heterocycles. The molecule has 1 unspecified atom stereocenters. The number of nitrogens with zero attached hydrogens (tertiary/aromatic N) is 1. The third-order valence-electron chi connectivity index (χ3n) is 3.82. The number of ether oxygens (including phenoxy) is 1. The summed E-state index contributed by atoms with van der Waals surface area (Å²) in [5, 5.41) is 7.78. The van der Waals surface area contributed by atoms with Crippen molar-refractivity contribution in [3.8, 4) is 0 Å². The fourth-order valence-electron chi connectivity index (χ4n) is 2.34. The standard InChI is InChI=1S/C16H27N5O6/c1-27-9-4-14(24)18-5-2-12(22)19-6-7-20-13(23)3-8-21-15(25)10-11(17)16(21)26/h11H,2-10,17H2,1H3,(H,18,24)(H,19,22)(H,20,23). The summed E-state index contributed by atoms with van der Waals surface area (Å²) in [5.74, 6) is -1.61. The van der Waals surface area contributed by atoms with Crippen LogP contribution in [0, 0.1) is 0 Å². The van der Waals surface area contributed by atoms with E-state index in [0.717, 1.165) is 4.90 Å². The van der Waals surface area contributed by atoms with E-state index in [9.17, 15) is 24.0 Å². The molecule has 1 atom stereocenters. The van der Waals surface area contributed by atoms with Crippen LogP contribution in [0.3, 0.4) is 0 Å². The van der Waals surface area contributed by atoms with Gasteiger partial charge in [0.05, 0.1) is 19.1 Å². The van der Waals surface area contributed by atoms with E-state index in [1.807, 2.05) is 0 Å². The molecule has 1 aliphatic rings. The van der Waals surface area contributed by atoms with Crippen molar-refractivity contribution in [2.24, 2.45) is 5.73 Å². The molecule has 0 bridgehead atoms. The molecule has 0 aromatic carbocycles. The number of imide groups is 1. The van der Waals surface area contributed by atoms with Gasteiger partial charge < -0.3 is 26.4 Å². The Labute approximate surface area is 157 Å². The third-order valence-corrected chi connectivity index (χ3v) is 3.82. The number of nitrogens with two attached hydrogens (primary N) is 1. The van der Waals surface area contributed by atoms with E-state index in [0.29, 0.717) is 6.61 Å². The second-order valence-corrected chi connectivity index (χ2v) is 5.99. The molecule has 0 spiro atoms. The molecular formula is C16H27N5O6. The Hall–Kier alpha value is -2.53. The van der Waals surface area contributed by atoms with E-state index in [4.69, 9.17) is 10.5 Å². The van der Waals surface area contributed by atoms with Crippen LogP contribution in [0.1, 0.15) is 25.7 Å². The molecule has 11 nitrogen and oxygen atoms in total. The van der Waals surface area contributed by atoms with Crippen LogP contribution < -0.4 is 21.7 Å². The number of hydrogen-bond acceptors (Lipinski definition) is 7. The molecule has 0 radical (unpaired) electrons. The van der Waals surface area contributed by atoms with Gasteiger partial charge in [0, 0.05) is 52.6 Å². The zero-order valence-corrected chi connectivity index (χ0v) is 15.4. The van der Waals surface area contributed by atoms with Crippen molar-refractivity contribution in [3.63, 3.8) is 0 Å². The number of nitrogens with one attached hydrogen (secondary N) is 3. The Kier molecular flexibility index (Phi) is 9.98. The van der Waals surface area contributed by atoms with E-state index < -0.39 is 11.9 Å². The number of hydrogen-bond donors (Lipinski definition) is 4. The first kappa shape index (κ1) is 22.5. The average molecular weight is 385 g/mol. The number of carbonyl (C=O) groups is 5. The lowest BCUT2D eigenvalue weighted by Gasteiger charge is -2.14. The molecule has 152 valence electrons. The zero-order chi connectivity index (χ0) is 20.2. The monoisotopic (exact) mass is 385 g/mol. The minimum absolute atomic E-state index is 0.00761. The van der Waals surface area contributed by atoms with Gasteiger partial charge in [-0.3, -0.25) is 28.9 Å². The van der Waals surface area contributed by atoms with Gasteiger partial charge in [0.15, 0.2) is 0 Å². The number of carbonyl (C=O) groups excluding carboxylic acids is 5. The highest BCUT2D eigenvalue weighted by Crippen LogP contribution is 2.11. The summed E-state index contributed by atoms with van der Waals surface area (Å²) in [6, 6.07) is -0.819. The van der Waals surface area contributed by atoms with E-state index in [1.54, 1.807) is 0 Å². The van der Waals surface area contributed by atoms with Gasteiger partial charge in [-0.05, 0) is 0 Å². The van der Waals surface area contributed by atoms with Gasteiger partial charge in [-0.25, -0.2) is 0 Å². The molecule has 5 N–H and O–H groups in total. The topological polar surface area (TPSA) is 160 Å². The molecule has 1 rings (SSSR count). The van der Waals surface area contributed by atoms with Crippen molar-refractivity contribution in [2.75, 3.05) is 39.9 Å². The maximum atomic E-state index is 11.7. The van der Waals surface area contributed by atoms with Gasteiger partial charge in [0.2, 0.25) is 29.5 Å². The predicted molar refractivity (Wildman–Crippen MR) is 94.1 cm³/mol. The van der Waals surface area contributed by atoms with Crippen LogP contribution in [0.25, 0.3) is 0 Å². The van der Waals surface area contributed by atoms with Gasteiger partial charge in [0.25, 0.3) is 0 Å². The summed E-state index contributed by atoms with van der Waals surface area (Å²) in [7, 11) is 1.50. The molecule has 0 saturated carbocycles. The second kappa shape index (κ2) is 12.0. The van der Waals surface area contributed by atoms with Crippen LogP contribution in [-0.4, -0.2) is 80.4 Å². The van der Waals surface area contributed by atoms with Crippen molar-refractivity contribution in [2.45, 2.75) is 31.7 Å². The maximum absolute atomic E-state index is 11.7. The highest BCUT2D eigenvalue weighted by atomic mass is 16.5. The first-order valence-corrected chi connectivity index (χ1v) is 8.74. The Bertz CT molecular complexity index is 568. The lowest BCUT2D eigenvalue weighted by molar-refractivity contribution is -0.139. The number of amides is 5. The highest BCUT2D eigenvalue weighted by molar-refractivity contribution is 6.05. The normalized spacial score (nSPS) is 16.4. The number of methoxy groups -OCH3 is 1. The van der Waals surface area contributed by atoms with Crippen molar-refractivity contribution in [1.29, 1.82) is 0 Å². The van der Waals surface area contributed by atoms with Gasteiger partial charge in [-0.1, -0.05) is 0 Å². The predicted octanol–water partition coefficient (Wildman–Crippen LogP) is -2.76. The molecule has 11 heteroatoms. The largest absolute Gasteiger partial charge is 0.384 e. The summed E-state index contributed by atoms with van der Waals surface area (Å²) in [6.07, 6.45) is 0.321. The van der Waals surface area contributed by atoms with E-state index in [-0.39, 0.29) is 75.5 Å². The molecule has 0 aromatic heterocycles. The Morgan fingerprint density at radius 2 is 1.56 bits per heavy atom. The molecule has 27 heavy (non-hydrogen) atoms. The smallest absolute Gasteiger partial charge is 0.246 e. The minimum Gasteiger partial charge on any atom is -0.384 e. The summed E-state index contributed by atoms with van der Waals surface area (Å²) >= 11 is 0. The molecule has 1 fully saturated rings. The molecule has 0 aromatic rings. The Morgan fingerprint density at radius 1 is 1.00 bits per heavy atom. The van der Waals surface area contributed by atoms with Gasteiger partial charge >= 0.3 is 0 Å². The van der Waals surface area contributed by atoms with Crippen LogP contribution in [0.15, 0.2) is 0 Å². The van der Waals surface area contributed by atoms with Crippen LogP contribution in [0.2, 0.25) is 0 Å². The summed E-state index contributed by atoms with van der Waals surface area (Å²) in [6.45, 7) is 0.985. The average Bonchev–Trinajstić information content (AvgIpc) is 2.87. The van der Waals surface area contributed by atoms with Gasteiger partial charge in [-0.15, -0.1) is 0 Å². The third kappa shape index (κ3) is 8.60. The Balaban J connectivity index is 2.06. The molecule has 5 amide bonds. The van der Waals surface area contributed by atoms with Crippen molar-refractivity contribution >= 4 is 29.5 Å².